The lowest BCUT2D eigenvalue weighted by atomic mass is 10.1. The molecule has 0 saturated heterocycles. The minimum atomic E-state index is -0.614. The van der Waals surface area contributed by atoms with E-state index in [1.54, 1.807) is 0 Å². The zero-order chi connectivity index (χ0) is 10.7. The van der Waals surface area contributed by atoms with E-state index in [0.29, 0.717) is 0 Å². The van der Waals surface area contributed by atoms with Crippen LogP contribution in [-0.2, 0) is 0 Å². The van der Waals surface area contributed by atoms with Gasteiger partial charge in [-0.1, -0.05) is 0 Å². The van der Waals surface area contributed by atoms with Gasteiger partial charge >= 0.3 is 0 Å². The first-order valence-electron chi connectivity index (χ1n) is 3.82. The summed E-state index contributed by atoms with van der Waals surface area (Å²) in [6.45, 7) is 0. The first-order valence-corrected chi connectivity index (χ1v) is 3.82. The third-order valence-electron chi connectivity index (χ3n) is 1.75. The summed E-state index contributed by atoms with van der Waals surface area (Å²) in [7, 11) is 1.53. The summed E-state index contributed by atoms with van der Waals surface area (Å²) in [6.07, 6.45) is 0. The molecule has 6 heteroatoms. The number of rotatable bonds is 3. The van der Waals surface area contributed by atoms with Crippen LogP contribution in [-0.4, -0.2) is 17.9 Å². The molecule has 0 bridgehead atoms. The number of benzene rings is 1. The number of anilines is 1. The summed E-state index contributed by atoms with van der Waals surface area (Å²) in [6, 6.07) is 3.91. The van der Waals surface area contributed by atoms with E-state index in [9.17, 15) is 14.9 Å². The van der Waals surface area contributed by atoms with Crippen molar-refractivity contribution in [3.63, 3.8) is 0 Å². The van der Waals surface area contributed by atoms with Crippen LogP contribution >= 0.6 is 0 Å². The second-order valence-electron chi connectivity index (χ2n) is 2.60. The fourth-order valence-corrected chi connectivity index (χ4v) is 1.05. The SMILES string of the molecule is CNc1cc(C(N)=O)ccc1[N+](=O)[O-]. The normalized spacial score (nSPS) is 9.50. The minimum absolute atomic E-state index is 0.0856. The second kappa shape index (κ2) is 3.73. The number of nitrogens with one attached hydrogen (secondary N) is 1. The molecule has 0 radical (unpaired) electrons. The van der Waals surface area contributed by atoms with Crippen LogP contribution in [0.5, 0.6) is 0 Å². The van der Waals surface area contributed by atoms with Crippen LogP contribution in [0.1, 0.15) is 10.4 Å². The molecule has 0 atom stereocenters. The quantitative estimate of drug-likeness (QED) is 0.548. The first kappa shape index (κ1) is 9.97. The Kier molecular flexibility index (Phi) is 2.66. The fourth-order valence-electron chi connectivity index (χ4n) is 1.05. The van der Waals surface area contributed by atoms with Gasteiger partial charge in [-0.2, -0.15) is 0 Å². The van der Waals surface area contributed by atoms with Gasteiger partial charge in [0.05, 0.1) is 4.92 Å². The van der Waals surface area contributed by atoms with Crippen LogP contribution in [0, 0.1) is 10.1 Å². The van der Waals surface area contributed by atoms with Gasteiger partial charge in [0, 0.05) is 18.7 Å². The van der Waals surface area contributed by atoms with Crippen molar-refractivity contribution in [2.45, 2.75) is 0 Å². The molecule has 74 valence electrons. The summed E-state index contributed by atoms with van der Waals surface area (Å²) in [5.74, 6) is -0.614. The van der Waals surface area contributed by atoms with Crippen LogP contribution in [0.25, 0.3) is 0 Å². The molecule has 6 nitrogen and oxygen atoms in total. The monoisotopic (exact) mass is 195 g/mol. The molecule has 0 saturated carbocycles. The Hall–Kier alpha value is -2.11. The highest BCUT2D eigenvalue weighted by Crippen LogP contribution is 2.24. The lowest BCUT2D eigenvalue weighted by Crippen LogP contribution is -2.11. The van der Waals surface area contributed by atoms with Gasteiger partial charge in [-0.25, -0.2) is 0 Å². The van der Waals surface area contributed by atoms with Gasteiger partial charge in [0.2, 0.25) is 5.91 Å². The van der Waals surface area contributed by atoms with Crippen molar-refractivity contribution >= 4 is 17.3 Å². The van der Waals surface area contributed by atoms with Crippen LogP contribution in [0.15, 0.2) is 18.2 Å². The van der Waals surface area contributed by atoms with Crippen molar-refractivity contribution in [2.75, 3.05) is 12.4 Å². The van der Waals surface area contributed by atoms with Crippen molar-refractivity contribution < 1.29 is 9.72 Å². The maximum atomic E-state index is 10.8. The predicted octanol–water partition coefficient (Wildman–Crippen LogP) is 0.735. The molecule has 0 heterocycles. The standard InChI is InChI=1S/C8H9N3O3/c1-10-6-4-5(8(9)12)2-3-7(6)11(13)14/h2-4,10H,1H3,(H2,9,12). The smallest absolute Gasteiger partial charge is 0.292 e. The maximum absolute atomic E-state index is 10.8. The summed E-state index contributed by atoms with van der Waals surface area (Å²) < 4.78 is 0. The molecule has 1 amide bonds. The molecule has 0 aliphatic heterocycles. The van der Waals surface area contributed by atoms with Gasteiger partial charge in [-0.3, -0.25) is 14.9 Å². The number of nitro groups is 1. The zero-order valence-electron chi connectivity index (χ0n) is 7.48. The van der Waals surface area contributed by atoms with E-state index in [2.05, 4.69) is 5.32 Å². The van der Waals surface area contributed by atoms with Crippen LogP contribution < -0.4 is 11.1 Å². The Labute approximate surface area is 79.9 Å². The Morgan fingerprint density at radius 2 is 2.21 bits per heavy atom. The van der Waals surface area contributed by atoms with Crippen molar-refractivity contribution in [1.29, 1.82) is 0 Å². The lowest BCUT2D eigenvalue weighted by Gasteiger charge is -2.02. The third-order valence-corrected chi connectivity index (χ3v) is 1.75. The van der Waals surface area contributed by atoms with E-state index >= 15 is 0 Å². The highest BCUT2D eigenvalue weighted by Gasteiger charge is 2.14. The Morgan fingerprint density at radius 3 is 2.64 bits per heavy atom. The average Bonchev–Trinajstić information content (AvgIpc) is 2.16. The number of nitrogens with zero attached hydrogens (tertiary/aromatic N) is 1. The highest BCUT2D eigenvalue weighted by molar-refractivity contribution is 5.94. The van der Waals surface area contributed by atoms with E-state index < -0.39 is 10.8 Å². The largest absolute Gasteiger partial charge is 0.383 e. The molecule has 1 aromatic carbocycles. The highest BCUT2D eigenvalue weighted by atomic mass is 16.6. The van der Waals surface area contributed by atoms with Crippen LogP contribution in [0.2, 0.25) is 0 Å². The molecule has 0 aromatic heterocycles. The van der Waals surface area contributed by atoms with Crippen molar-refractivity contribution in [2.24, 2.45) is 5.73 Å². The van der Waals surface area contributed by atoms with E-state index in [4.69, 9.17) is 5.73 Å². The number of nitrogens with two attached hydrogens (primary N) is 1. The Bertz CT molecular complexity index is 389. The Balaban J connectivity index is 3.25. The molecule has 0 fully saturated rings. The number of amides is 1. The molecule has 0 aliphatic carbocycles. The van der Waals surface area contributed by atoms with Crippen molar-refractivity contribution in [3.05, 3.63) is 33.9 Å². The average molecular weight is 195 g/mol. The predicted molar refractivity (Wildman–Crippen MR) is 51.2 cm³/mol. The minimum Gasteiger partial charge on any atom is -0.383 e. The molecule has 3 N–H and O–H groups in total. The Morgan fingerprint density at radius 1 is 1.57 bits per heavy atom. The van der Waals surface area contributed by atoms with Gasteiger partial charge in [0.1, 0.15) is 5.69 Å². The number of nitro benzene ring substituents is 1. The molecule has 0 unspecified atom stereocenters. The number of hydrogen-bond donors (Lipinski definition) is 2. The molecule has 1 aromatic rings. The van der Waals surface area contributed by atoms with Crippen LogP contribution in [0.4, 0.5) is 11.4 Å². The summed E-state index contributed by atoms with van der Waals surface area (Å²) >= 11 is 0. The number of carbonyl (C=O) groups is 1. The van der Waals surface area contributed by atoms with E-state index in [-0.39, 0.29) is 16.9 Å². The maximum Gasteiger partial charge on any atom is 0.292 e. The zero-order valence-corrected chi connectivity index (χ0v) is 7.48. The lowest BCUT2D eigenvalue weighted by molar-refractivity contribution is -0.383. The van der Waals surface area contributed by atoms with Gasteiger partial charge in [0.25, 0.3) is 5.69 Å². The topological polar surface area (TPSA) is 98.3 Å². The molecular weight excluding hydrogens is 186 g/mol. The van der Waals surface area contributed by atoms with Gasteiger partial charge in [-0.15, -0.1) is 0 Å². The number of hydrogen-bond acceptors (Lipinski definition) is 4. The summed E-state index contributed by atoms with van der Waals surface area (Å²) in [4.78, 5) is 20.8. The van der Waals surface area contributed by atoms with Crippen LogP contribution in [0.3, 0.4) is 0 Å². The van der Waals surface area contributed by atoms with Crippen molar-refractivity contribution in [1.82, 2.24) is 0 Å². The van der Waals surface area contributed by atoms with Gasteiger partial charge in [0.15, 0.2) is 0 Å². The number of primary amides is 1. The molecule has 0 spiro atoms. The molecule has 1 rings (SSSR count). The van der Waals surface area contributed by atoms with E-state index in [1.807, 2.05) is 0 Å². The van der Waals surface area contributed by atoms with Gasteiger partial charge < -0.3 is 11.1 Å². The molecule has 0 aliphatic rings. The fraction of sp³-hybridized carbons (Fsp3) is 0.125. The summed E-state index contributed by atoms with van der Waals surface area (Å²) in [5.41, 5.74) is 5.45. The van der Waals surface area contributed by atoms with Crippen molar-refractivity contribution in [3.8, 4) is 0 Å². The molecule has 14 heavy (non-hydrogen) atoms. The van der Waals surface area contributed by atoms with E-state index in [0.717, 1.165) is 0 Å². The first-order chi connectivity index (χ1) is 6.56. The summed E-state index contributed by atoms with van der Waals surface area (Å²) in [5, 5.41) is 13.1. The third kappa shape index (κ3) is 1.79. The number of carbonyl (C=O) groups excluding carboxylic acids is 1. The second-order valence-corrected chi connectivity index (χ2v) is 2.60. The molecular formula is C8H9N3O3. The van der Waals surface area contributed by atoms with E-state index in [1.165, 1.54) is 25.2 Å². The van der Waals surface area contributed by atoms with Gasteiger partial charge in [-0.05, 0) is 12.1 Å².